The first kappa shape index (κ1) is 25.4. The second kappa shape index (κ2) is 10.1. The van der Waals surface area contributed by atoms with E-state index in [0.717, 1.165) is 18.5 Å². The number of hydrogen-bond donors (Lipinski definition) is 4. The zero-order valence-electron chi connectivity index (χ0n) is 20.6. The summed E-state index contributed by atoms with van der Waals surface area (Å²) in [5, 5.41) is 16.4. The predicted octanol–water partition coefficient (Wildman–Crippen LogP) is 3.13. The molecule has 1 saturated carbocycles. The maximum Gasteiger partial charge on any atom is 0.261 e. The molecule has 10 heteroatoms. The summed E-state index contributed by atoms with van der Waals surface area (Å²) in [7, 11) is -2.00. The minimum absolute atomic E-state index is 0.110. The quantitative estimate of drug-likeness (QED) is 0.341. The van der Waals surface area contributed by atoms with Crippen LogP contribution in [-0.2, 0) is 16.6 Å². The molecule has 35 heavy (non-hydrogen) atoms. The summed E-state index contributed by atoms with van der Waals surface area (Å²) >= 11 is 0. The number of hydrogen-bond acceptors (Lipinski definition) is 6. The van der Waals surface area contributed by atoms with Gasteiger partial charge < -0.3 is 20.7 Å². The van der Waals surface area contributed by atoms with E-state index in [4.69, 9.17) is 0 Å². The van der Waals surface area contributed by atoms with Gasteiger partial charge in [0.15, 0.2) is 0 Å². The predicted molar refractivity (Wildman–Crippen MR) is 139 cm³/mol. The molecular weight excluding hydrogens is 466 g/mol. The average Bonchev–Trinajstić information content (AvgIpc) is 3.07. The molecule has 2 aliphatic rings. The van der Waals surface area contributed by atoms with Crippen LogP contribution in [0, 0.1) is 5.41 Å². The normalized spacial score (nSPS) is 18.9. The van der Waals surface area contributed by atoms with Crippen molar-refractivity contribution in [2.45, 2.75) is 63.4 Å². The van der Waals surface area contributed by atoms with Crippen molar-refractivity contribution in [3.8, 4) is 0 Å². The molecule has 4 rings (SSSR count). The summed E-state index contributed by atoms with van der Waals surface area (Å²) in [6.07, 6.45) is 7.36. The van der Waals surface area contributed by atoms with E-state index in [0.29, 0.717) is 28.7 Å². The third kappa shape index (κ3) is 5.44. The molecule has 190 valence electrons. The average molecular weight is 502 g/mol. The largest absolute Gasteiger partial charge is 0.396 e. The maximum atomic E-state index is 13.0. The molecular formula is C25H35N5O4S. The van der Waals surface area contributed by atoms with Gasteiger partial charge in [-0.05, 0) is 42.7 Å². The van der Waals surface area contributed by atoms with Crippen molar-refractivity contribution in [3.05, 3.63) is 51.9 Å². The first-order chi connectivity index (χ1) is 16.6. The molecule has 0 atom stereocenters. The number of aromatic nitrogens is 1. The first-order valence-corrected chi connectivity index (χ1v) is 13.5. The van der Waals surface area contributed by atoms with Crippen LogP contribution >= 0.6 is 0 Å². The molecule has 9 nitrogen and oxygen atoms in total. The standard InChI is InChI=1S/C25H35N5O4S/c1-25(2,16-31)15-30-14-17-13-19(9-10-21(17)35(30,33)34)29-23(26-3)22-20(11-12-27-24(22)32)28-18-7-5-4-6-8-18/h9-13,18,31H,4-8,14-16H2,1-3H3,(H,26,29)(H2,27,28,32). The zero-order valence-corrected chi connectivity index (χ0v) is 21.4. The highest BCUT2D eigenvalue weighted by molar-refractivity contribution is 7.89. The van der Waals surface area contributed by atoms with E-state index in [9.17, 15) is 18.3 Å². The molecule has 2 heterocycles. The van der Waals surface area contributed by atoms with E-state index in [1.807, 2.05) is 19.9 Å². The first-order valence-electron chi connectivity index (χ1n) is 12.1. The zero-order chi connectivity index (χ0) is 25.2. The van der Waals surface area contributed by atoms with Crippen molar-refractivity contribution in [3.63, 3.8) is 0 Å². The van der Waals surface area contributed by atoms with Gasteiger partial charge in [0.25, 0.3) is 5.56 Å². The lowest BCUT2D eigenvalue weighted by Gasteiger charge is -2.27. The number of benzene rings is 1. The monoisotopic (exact) mass is 501 g/mol. The van der Waals surface area contributed by atoms with Crippen LogP contribution < -0.4 is 16.2 Å². The Kier molecular flexibility index (Phi) is 7.35. The van der Waals surface area contributed by atoms with Gasteiger partial charge in [-0.1, -0.05) is 33.1 Å². The third-order valence-corrected chi connectivity index (χ3v) is 8.60. The van der Waals surface area contributed by atoms with Crippen LogP contribution in [0.2, 0.25) is 0 Å². The summed E-state index contributed by atoms with van der Waals surface area (Å²) in [4.78, 5) is 20.2. The number of anilines is 2. The number of aromatic amines is 1. The highest BCUT2D eigenvalue weighted by atomic mass is 32.2. The third-order valence-electron chi connectivity index (χ3n) is 6.71. The fraction of sp³-hybridized carbons (Fsp3) is 0.520. The Balaban J connectivity index is 1.59. The summed E-state index contributed by atoms with van der Waals surface area (Å²) in [6.45, 7) is 4.01. The van der Waals surface area contributed by atoms with Crippen LogP contribution in [-0.4, -0.2) is 54.9 Å². The van der Waals surface area contributed by atoms with E-state index in [1.54, 1.807) is 31.4 Å². The smallest absolute Gasteiger partial charge is 0.261 e. The summed E-state index contributed by atoms with van der Waals surface area (Å²) < 4.78 is 27.4. The summed E-state index contributed by atoms with van der Waals surface area (Å²) in [6, 6.07) is 7.24. The van der Waals surface area contributed by atoms with Crippen LogP contribution in [0.15, 0.2) is 45.1 Å². The second-order valence-corrected chi connectivity index (χ2v) is 12.1. The molecule has 1 aliphatic carbocycles. The minimum Gasteiger partial charge on any atom is -0.396 e. The van der Waals surface area contributed by atoms with Gasteiger partial charge in [-0.25, -0.2) is 8.42 Å². The Morgan fingerprint density at radius 2 is 1.97 bits per heavy atom. The van der Waals surface area contributed by atoms with Crippen molar-refractivity contribution in [1.29, 1.82) is 0 Å². The number of amidine groups is 1. The van der Waals surface area contributed by atoms with Crippen LogP contribution in [0.5, 0.6) is 0 Å². The Bertz CT molecular complexity index is 1260. The van der Waals surface area contributed by atoms with Gasteiger partial charge in [0.05, 0.1) is 10.6 Å². The van der Waals surface area contributed by atoms with Gasteiger partial charge >= 0.3 is 0 Å². The highest BCUT2D eigenvalue weighted by Gasteiger charge is 2.37. The van der Waals surface area contributed by atoms with Gasteiger partial charge in [0.1, 0.15) is 11.4 Å². The highest BCUT2D eigenvalue weighted by Crippen LogP contribution is 2.34. The molecule has 0 radical (unpaired) electrons. The number of H-pyrrole nitrogens is 1. The van der Waals surface area contributed by atoms with Crippen molar-refractivity contribution in [2.75, 3.05) is 30.8 Å². The molecule has 1 aliphatic heterocycles. The van der Waals surface area contributed by atoms with Crippen LogP contribution in [0.4, 0.5) is 11.4 Å². The number of aliphatic hydroxyl groups excluding tert-OH is 1. The molecule has 0 spiro atoms. The molecule has 4 N–H and O–H groups in total. The Hall–Kier alpha value is -2.69. The molecule has 2 aromatic rings. The Morgan fingerprint density at radius 3 is 2.66 bits per heavy atom. The maximum absolute atomic E-state index is 13.0. The molecule has 0 bridgehead atoms. The van der Waals surface area contributed by atoms with Crippen molar-refractivity contribution < 1.29 is 13.5 Å². The van der Waals surface area contributed by atoms with Gasteiger partial charge in [-0.15, -0.1) is 0 Å². The van der Waals surface area contributed by atoms with Crippen molar-refractivity contribution in [1.82, 2.24) is 9.29 Å². The van der Waals surface area contributed by atoms with Gasteiger partial charge in [0.2, 0.25) is 10.0 Å². The van der Waals surface area contributed by atoms with E-state index >= 15 is 0 Å². The van der Waals surface area contributed by atoms with Gasteiger partial charge in [-0.2, -0.15) is 4.31 Å². The number of aliphatic hydroxyl groups is 1. The molecule has 0 unspecified atom stereocenters. The van der Waals surface area contributed by atoms with E-state index in [-0.39, 0.29) is 30.2 Å². The number of fused-ring (bicyclic) bond motifs is 1. The van der Waals surface area contributed by atoms with Gasteiger partial charge in [0, 0.05) is 50.1 Å². The lowest BCUT2D eigenvalue weighted by atomic mass is 9.95. The van der Waals surface area contributed by atoms with Gasteiger partial charge in [-0.3, -0.25) is 9.79 Å². The number of rotatable bonds is 7. The molecule has 1 fully saturated rings. The van der Waals surface area contributed by atoms with Crippen molar-refractivity contribution in [2.24, 2.45) is 10.4 Å². The van der Waals surface area contributed by atoms with E-state index in [2.05, 4.69) is 20.6 Å². The molecule has 1 aromatic heterocycles. The van der Waals surface area contributed by atoms with E-state index < -0.39 is 15.4 Å². The molecule has 0 saturated heterocycles. The fourth-order valence-corrected chi connectivity index (χ4v) is 6.58. The lowest BCUT2D eigenvalue weighted by molar-refractivity contribution is 0.134. The lowest BCUT2D eigenvalue weighted by Crippen LogP contribution is -2.36. The fourth-order valence-electron chi connectivity index (χ4n) is 4.78. The number of nitrogens with zero attached hydrogens (tertiary/aromatic N) is 2. The SMILES string of the molecule is CN=C(Nc1ccc2c(c1)CN(CC(C)(C)CO)S2(=O)=O)c1c(NC2CCCCC2)cc[nH]c1=O. The summed E-state index contributed by atoms with van der Waals surface area (Å²) in [5.74, 6) is 0.407. The molecule has 0 amide bonds. The molecule has 1 aromatic carbocycles. The number of nitrogens with one attached hydrogen (secondary N) is 3. The van der Waals surface area contributed by atoms with E-state index in [1.165, 1.54) is 23.6 Å². The minimum atomic E-state index is -3.62. The number of aliphatic imine (C=N–C) groups is 1. The van der Waals surface area contributed by atoms with Crippen LogP contribution in [0.25, 0.3) is 0 Å². The Labute approximate surface area is 206 Å². The number of pyridine rings is 1. The van der Waals surface area contributed by atoms with Crippen molar-refractivity contribution >= 4 is 27.2 Å². The topological polar surface area (TPSA) is 127 Å². The summed E-state index contributed by atoms with van der Waals surface area (Å²) in [5.41, 5.74) is 1.68. The number of sulfonamides is 1. The Morgan fingerprint density at radius 1 is 1.23 bits per heavy atom. The van der Waals surface area contributed by atoms with Crippen LogP contribution in [0.3, 0.4) is 0 Å². The van der Waals surface area contributed by atoms with Crippen LogP contribution in [0.1, 0.15) is 57.1 Å². The second-order valence-electron chi connectivity index (χ2n) is 10.2.